The average molecular weight is 407 g/mol. The minimum absolute atomic E-state index is 0. The van der Waals surface area contributed by atoms with Crippen molar-refractivity contribution in [1.29, 1.82) is 0 Å². The quantitative estimate of drug-likeness (QED) is 0.147. The molecule has 0 saturated heterocycles. The molecule has 0 amide bonds. The van der Waals surface area contributed by atoms with Gasteiger partial charge in [-0.15, -0.1) is 0 Å². The smallest absolute Gasteiger partial charge is 1.00 e. The molecule has 0 bridgehead atoms. The van der Waals surface area contributed by atoms with Gasteiger partial charge in [0.25, 0.3) is 0 Å². The fourth-order valence-corrected chi connectivity index (χ4v) is 2.35. The van der Waals surface area contributed by atoms with Crippen LogP contribution >= 0.6 is 0 Å². The second-order valence-corrected chi connectivity index (χ2v) is 7.07. The molecule has 8 heteroatoms. The molecule has 0 aliphatic heterocycles. The van der Waals surface area contributed by atoms with Crippen LogP contribution in [-0.2, 0) is 15.2 Å². The van der Waals surface area contributed by atoms with E-state index < -0.39 is 16.4 Å². The Balaban J connectivity index is -0.000000195. The number of carbonyl (C=O) groups is 1. The summed E-state index contributed by atoms with van der Waals surface area (Å²) in [5, 5.41) is 8.51. The summed E-state index contributed by atoms with van der Waals surface area (Å²) < 4.78 is 31.6. The Kier molecular flexibility index (Phi) is 26.9. The zero-order valence-corrected chi connectivity index (χ0v) is 18.5. The largest absolute Gasteiger partial charge is 2.00 e. The van der Waals surface area contributed by atoms with E-state index in [9.17, 15) is 4.79 Å². The summed E-state index contributed by atoms with van der Waals surface area (Å²) in [7, 11) is -4.67. The van der Waals surface area contributed by atoms with E-state index in [1.807, 2.05) is 0 Å². The topological polar surface area (TPSA) is 112 Å². The van der Waals surface area contributed by atoms with Gasteiger partial charge in [-0.05, 0) is 32.1 Å². The Labute approximate surface area is 178 Å². The molecule has 0 heterocycles. The van der Waals surface area contributed by atoms with Gasteiger partial charge in [0, 0.05) is 6.42 Å². The first-order chi connectivity index (χ1) is 11.8. The molecule has 0 spiro atoms. The van der Waals surface area contributed by atoms with E-state index in [-0.39, 0.29) is 25.9 Å². The number of unbranched alkanes of at least 4 members (excludes halogenated alkanes) is 11. The summed E-state index contributed by atoms with van der Waals surface area (Å²) in [5.74, 6) is -0.664. The molecule has 0 aliphatic rings. The minimum atomic E-state index is -4.67. The molecule has 154 valence electrons. The van der Waals surface area contributed by atoms with Crippen LogP contribution in [0.3, 0.4) is 0 Å². The predicted octanol–water partition coefficient (Wildman–Crippen LogP) is 5.30. The van der Waals surface area contributed by atoms with E-state index in [4.69, 9.17) is 22.6 Å². The van der Waals surface area contributed by atoms with E-state index >= 15 is 0 Å². The van der Waals surface area contributed by atoms with Crippen molar-refractivity contribution < 1.29 is 30.3 Å². The second kappa shape index (κ2) is 22.9. The van der Waals surface area contributed by atoms with Crippen molar-refractivity contribution in [3.05, 3.63) is 12.2 Å². The Hall–Kier alpha value is -0.154. The normalized spacial score (nSPS) is 10.9. The van der Waals surface area contributed by atoms with Crippen molar-refractivity contribution in [3.8, 4) is 0 Å². The number of rotatable bonds is 15. The molecule has 0 aliphatic carbocycles. The summed E-state index contributed by atoms with van der Waals surface area (Å²) in [5.41, 5.74) is 0. The fourth-order valence-electron chi connectivity index (χ4n) is 2.35. The van der Waals surface area contributed by atoms with E-state index in [2.05, 4.69) is 19.1 Å². The standard InChI is InChI=1S/C18H34O2.Mg.H2O4S.2H/c1-2-3-4-5-6-7-8-9-10-11-12-13-14-15-16-17-18(19)20;;1-5(2,3)4;;/h9-10H,2-8,11-17H2,1H3,(H,19,20);;(H2,1,2,3,4);;/q;+2;;2*-1. The molecule has 6 nitrogen and oxygen atoms in total. The van der Waals surface area contributed by atoms with Gasteiger partial charge in [-0.2, -0.15) is 8.42 Å². The Bertz CT molecular complexity index is 426. The third-order valence-electron chi connectivity index (χ3n) is 3.65. The van der Waals surface area contributed by atoms with Crippen molar-refractivity contribution in [1.82, 2.24) is 0 Å². The van der Waals surface area contributed by atoms with E-state index in [1.165, 1.54) is 70.6 Å². The number of hydrogen-bond donors (Lipinski definition) is 3. The van der Waals surface area contributed by atoms with E-state index in [0.717, 1.165) is 12.8 Å². The molecule has 0 atom stereocenters. The molecule has 0 unspecified atom stereocenters. The van der Waals surface area contributed by atoms with Crippen LogP contribution in [0.4, 0.5) is 0 Å². The number of hydrogen-bond acceptors (Lipinski definition) is 3. The number of allylic oxidation sites excluding steroid dienone is 2. The van der Waals surface area contributed by atoms with Crippen molar-refractivity contribution >= 4 is 39.4 Å². The molecule has 0 aromatic rings. The molecular formula is C18H38MgO6S. The van der Waals surface area contributed by atoms with E-state index in [1.54, 1.807) is 0 Å². The maximum absolute atomic E-state index is 10.3. The first kappa shape index (κ1) is 30.6. The van der Waals surface area contributed by atoms with Crippen LogP contribution in [0.15, 0.2) is 12.2 Å². The van der Waals surface area contributed by atoms with Gasteiger partial charge in [0.15, 0.2) is 0 Å². The SMILES string of the molecule is CCCCCCCCC=CCCCCCCCC(=O)O.O=S(=O)(O)O.[H-].[H-].[Mg+2]. The van der Waals surface area contributed by atoms with Gasteiger partial charge in [-0.25, -0.2) is 0 Å². The number of aliphatic carboxylic acids is 1. The van der Waals surface area contributed by atoms with Crippen LogP contribution in [0, 0.1) is 0 Å². The van der Waals surface area contributed by atoms with E-state index in [0.29, 0.717) is 6.42 Å². The average Bonchev–Trinajstić information content (AvgIpc) is 2.49. The molecule has 0 aromatic carbocycles. The van der Waals surface area contributed by atoms with Crippen molar-refractivity contribution in [3.63, 3.8) is 0 Å². The predicted molar refractivity (Wildman–Crippen MR) is 109 cm³/mol. The van der Waals surface area contributed by atoms with Gasteiger partial charge in [0.05, 0.1) is 0 Å². The fraction of sp³-hybridized carbons (Fsp3) is 0.833. The minimum Gasteiger partial charge on any atom is -1.00 e. The van der Waals surface area contributed by atoms with Crippen molar-refractivity contribution in [2.24, 2.45) is 0 Å². The number of carboxylic acid groups (broad SMARTS) is 1. The van der Waals surface area contributed by atoms with Crippen LogP contribution < -0.4 is 0 Å². The molecule has 3 N–H and O–H groups in total. The Morgan fingerprint density at radius 1 is 0.808 bits per heavy atom. The maximum atomic E-state index is 10.3. The maximum Gasteiger partial charge on any atom is 2.00 e. The second-order valence-electron chi connectivity index (χ2n) is 6.18. The van der Waals surface area contributed by atoms with Crippen LogP contribution in [0.2, 0.25) is 0 Å². The molecule has 0 fully saturated rings. The third kappa shape index (κ3) is 43.9. The summed E-state index contributed by atoms with van der Waals surface area (Å²) in [6, 6.07) is 0. The van der Waals surface area contributed by atoms with Gasteiger partial charge in [-0.3, -0.25) is 13.9 Å². The summed E-state index contributed by atoms with van der Waals surface area (Å²) >= 11 is 0. The zero-order chi connectivity index (χ0) is 19.4. The van der Waals surface area contributed by atoms with Gasteiger partial charge in [-0.1, -0.05) is 70.4 Å². The molecule has 0 aromatic heterocycles. The monoisotopic (exact) mass is 406 g/mol. The molecule has 0 radical (unpaired) electrons. The summed E-state index contributed by atoms with van der Waals surface area (Å²) in [6.07, 6.45) is 21.2. The Morgan fingerprint density at radius 3 is 1.54 bits per heavy atom. The Morgan fingerprint density at radius 2 is 1.15 bits per heavy atom. The van der Waals surface area contributed by atoms with Crippen molar-refractivity contribution in [2.75, 3.05) is 0 Å². The van der Waals surface area contributed by atoms with Crippen LogP contribution in [0.5, 0.6) is 0 Å². The van der Waals surface area contributed by atoms with Gasteiger partial charge in [0.2, 0.25) is 0 Å². The van der Waals surface area contributed by atoms with Crippen LogP contribution in [0.1, 0.15) is 99.7 Å². The van der Waals surface area contributed by atoms with Crippen LogP contribution in [0.25, 0.3) is 0 Å². The van der Waals surface area contributed by atoms with Crippen LogP contribution in [-0.4, -0.2) is 51.7 Å². The number of carboxylic acids is 1. The first-order valence-electron chi connectivity index (χ1n) is 9.34. The van der Waals surface area contributed by atoms with Gasteiger partial charge in [0.1, 0.15) is 0 Å². The summed E-state index contributed by atoms with van der Waals surface area (Å²) in [6.45, 7) is 2.26. The first-order valence-corrected chi connectivity index (χ1v) is 10.7. The third-order valence-corrected chi connectivity index (χ3v) is 3.65. The van der Waals surface area contributed by atoms with Gasteiger partial charge < -0.3 is 7.96 Å². The molecule has 0 rings (SSSR count). The zero-order valence-electron chi connectivity index (χ0n) is 18.2. The summed E-state index contributed by atoms with van der Waals surface area (Å²) in [4.78, 5) is 10.3. The van der Waals surface area contributed by atoms with Crippen molar-refractivity contribution in [2.45, 2.75) is 96.8 Å². The van der Waals surface area contributed by atoms with Gasteiger partial charge >= 0.3 is 39.4 Å². The molecular weight excluding hydrogens is 369 g/mol. The molecule has 26 heavy (non-hydrogen) atoms. The molecule has 0 saturated carbocycles.